The molecule has 2 aliphatic heterocycles. The van der Waals surface area contributed by atoms with Crippen molar-refractivity contribution in [1.82, 2.24) is 10.4 Å². The van der Waals surface area contributed by atoms with Gasteiger partial charge in [0.05, 0.1) is 31.3 Å². The number of fused-ring (bicyclic) bond motifs is 1. The van der Waals surface area contributed by atoms with E-state index in [1.54, 1.807) is 0 Å². The van der Waals surface area contributed by atoms with E-state index in [1.165, 1.54) is 4.90 Å². The summed E-state index contributed by atoms with van der Waals surface area (Å²) in [5, 5.41) is 18.1. The minimum Gasteiger partial charge on any atom is -0.465 e. The number of hydrogen-bond donors (Lipinski definition) is 3. The van der Waals surface area contributed by atoms with E-state index >= 15 is 0 Å². The number of nitrogens with zero attached hydrogens (tertiary/aromatic N) is 1. The minimum absolute atomic E-state index is 0.168. The second-order valence-corrected chi connectivity index (χ2v) is 3.02. The van der Waals surface area contributed by atoms with E-state index < -0.39 is 12.2 Å². The number of hydroxylamine groups is 1. The fourth-order valence-electron chi connectivity index (χ4n) is 1.70. The van der Waals surface area contributed by atoms with Crippen molar-refractivity contribution in [2.75, 3.05) is 13.2 Å². The summed E-state index contributed by atoms with van der Waals surface area (Å²) in [7, 11) is 0. The Morgan fingerprint density at radius 1 is 1.67 bits per heavy atom. The number of β-amino-alcohol motifs (C(OH)–C–C–N with tert-alkyl or cyclic N) is 1. The number of carbonyl (C=O) groups is 1. The molecule has 12 heavy (non-hydrogen) atoms. The van der Waals surface area contributed by atoms with Crippen LogP contribution < -0.4 is 5.48 Å². The molecule has 3 atom stereocenters. The molecule has 2 heterocycles. The first-order chi connectivity index (χ1) is 5.70. The third-order valence-electron chi connectivity index (χ3n) is 2.33. The first kappa shape index (κ1) is 7.78. The lowest BCUT2D eigenvalue weighted by molar-refractivity contribution is 0.0382. The van der Waals surface area contributed by atoms with Gasteiger partial charge in [-0.2, -0.15) is 5.48 Å². The zero-order chi connectivity index (χ0) is 8.72. The molecule has 2 fully saturated rings. The first-order valence-corrected chi connectivity index (χ1v) is 3.75. The Morgan fingerprint density at radius 3 is 3.08 bits per heavy atom. The average Bonchev–Trinajstić information content (AvgIpc) is 2.53. The van der Waals surface area contributed by atoms with Crippen molar-refractivity contribution >= 4 is 6.09 Å². The predicted octanol–water partition coefficient (Wildman–Crippen LogP) is -1.39. The molecule has 3 N–H and O–H groups in total. The van der Waals surface area contributed by atoms with Crippen LogP contribution in [-0.2, 0) is 4.84 Å². The molecule has 1 amide bonds. The maximum absolute atomic E-state index is 10.6. The van der Waals surface area contributed by atoms with Crippen LogP contribution in [0.4, 0.5) is 4.79 Å². The maximum atomic E-state index is 10.6. The topological polar surface area (TPSA) is 82.0 Å². The van der Waals surface area contributed by atoms with Crippen LogP contribution >= 0.6 is 0 Å². The van der Waals surface area contributed by atoms with Gasteiger partial charge in [-0.05, 0) is 0 Å². The van der Waals surface area contributed by atoms with Crippen LogP contribution in [0.15, 0.2) is 0 Å². The van der Waals surface area contributed by atoms with Crippen LogP contribution in [0, 0.1) is 0 Å². The number of hydrogen-bond acceptors (Lipinski definition) is 4. The third kappa shape index (κ3) is 0.961. The number of amides is 1. The quantitative estimate of drug-likeness (QED) is 0.421. The van der Waals surface area contributed by atoms with Crippen molar-refractivity contribution in [3.05, 3.63) is 0 Å². The average molecular weight is 174 g/mol. The summed E-state index contributed by atoms with van der Waals surface area (Å²) in [5.41, 5.74) is 2.60. The summed E-state index contributed by atoms with van der Waals surface area (Å²) in [6.45, 7) is 0.481. The summed E-state index contributed by atoms with van der Waals surface area (Å²) in [5.74, 6) is 0. The van der Waals surface area contributed by atoms with Gasteiger partial charge in [0.2, 0.25) is 0 Å². The molecule has 0 saturated carbocycles. The van der Waals surface area contributed by atoms with Gasteiger partial charge < -0.3 is 10.2 Å². The second kappa shape index (κ2) is 2.58. The Labute approximate surface area is 68.7 Å². The molecule has 0 aromatic heterocycles. The van der Waals surface area contributed by atoms with Crippen LogP contribution in [-0.4, -0.2) is 52.5 Å². The monoisotopic (exact) mass is 174 g/mol. The van der Waals surface area contributed by atoms with Gasteiger partial charge in [0.25, 0.3) is 0 Å². The molecule has 6 nitrogen and oxygen atoms in total. The van der Waals surface area contributed by atoms with E-state index in [-0.39, 0.29) is 18.6 Å². The fraction of sp³-hybridized carbons (Fsp3) is 0.833. The van der Waals surface area contributed by atoms with E-state index in [4.69, 9.17) is 9.94 Å². The smallest absolute Gasteiger partial charge is 0.407 e. The molecule has 0 aromatic carbocycles. The summed E-state index contributed by atoms with van der Waals surface area (Å²) < 4.78 is 0. The Balaban J connectivity index is 2.14. The van der Waals surface area contributed by atoms with Crippen molar-refractivity contribution < 1.29 is 19.8 Å². The second-order valence-electron chi connectivity index (χ2n) is 3.02. The van der Waals surface area contributed by atoms with Crippen molar-refractivity contribution in [1.29, 1.82) is 0 Å². The standard InChI is InChI=1S/C6H10N2O4/c9-4-1-8(6(10)11)3-2-12-7-5(3)4/h3-5,7,9H,1-2H2,(H,10,11). The lowest BCUT2D eigenvalue weighted by Crippen LogP contribution is -2.40. The van der Waals surface area contributed by atoms with Crippen LogP contribution in [0.3, 0.4) is 0 Å². The van der Waals surface area contributed by atoms with E-state index in [0.717, 1.165) is 0 Å². The molecule has 0 bridgehead atoms. The minimum atomic E-state index is -1.01. The highest BCUT2D eigenvalue weighted by Crippen LogP contribution is 2.22. The molecule has 2 aliphatic rings. The fourth-order valence-corrected chi connectivity index (χ4v) is 1.70. The van der Waals surface area contributed by atoms with Gasteiger partial charge in [-0.25, -0.2) is 4.79 Å². The lowest BCUT2D eigenvalue weighted by Gasteiger charge is -2.16. The van der Waals surface area contributed by atoms with Gasteiger partial charge in [0.15, 0.2) is 0 Å². The molecule has 0 radical (unpaired) electrons. The molecule has 6 heteroatoms. The van der Waals surface area contributed by atoms with Crippen molar-refractivity contribution in [3.8, 4) is 0 Å². The molecule has 3 unspecified atom stereocenters. The van der Waals surface area contributed by atoms with Gasteiger partial charge in [-0.15, -0.1) is 0 Å². The molecule has 68 valence electrons. The molecule has 0 aliphatic carbocycles. The summed E-state index contributed by atoms with van der Waals surface area (Å²) in [6, 6.07) is -0.501. The number of aliphatic hydroxyl groups is 1. The van der Waals surface area contributed by atoms with Crippen molar-refractivity contribution in [2.45, 2.75) is 18.2 Å². The Kier molecular flexibility index (Phi) is 1.67. The number of aliphatic hydroxyl groups excluding tert-OH is 1. The van der Waals surface area contributed by atoms with Gasteiger partial charge in [-0.1, -0.05) is 0 Å². The van der Waals surface area contributed by atoms with Crippen molar-refractivity contribution in [3.63, 3.8) is 0 Å². The van der Waals surface area contributed by atoms with Gasteiger partial charge in [-0.3, -0.25) is 9.74 Å². The zero-order valence-corrected chi connectivity index (χ0v) is 6.30. The lowest BCUT2D eigenvalue weighted by atomic mass is 10.1. The largest absolute Gasteiger partial charge is 0.465 e. The molecule has 2 rings (SSSR count). The summed E-state index contributed by atoms with van der Waals surface area (Å²) in [6.07, 6.45) is -1.66. The highest BCUT2D eigenvalue weighted by Gasteiger charge is 2.47. The van der Waals surface area contributed by atoms with Crippen molar-refractivity contribution in [2.24, 2.45) is 0 Å². The number of carboxylic acid groups (broad SMARTS) is 1. The molecule has 0 aromatic rings. The third-order valence-corrected chi connectivity index (χ3v) is 2.33. The summed E-state index contributed by atoms with van der Waals surface area (Å²) in [4.78, 5) is 16.7. The number of rotatable bonds is 0. The molecular weight excluding hydrogens is 164 g/mol. The SMILES string of the molecule is O=C(O)N1CC(O)C2NOCC21. The maximum Gasteiger partial charge on any atom is 0.407 e. The van der Waals surface area contributed by atoms with E-state index in [1.807, 2.05) is 0 Å². The predicted molar refractivity (Wildman–Crippen MR) is 37.4 cm³/mol. The highest BCUT2D eigenvalue weighted by atomic mass is 16.7. The number of nitrogens with one attached hydrogen (secondary N) is 1. The van der Waals surface area contributed by atoms with E-state index in [2.05, 4.69) is 5.48 Å². The molecular formula is C6H10N2O4. The van der Waals surface area contributed by atoms with Gasteiger partial charge in [0, 0.05) is 0 Å². The normalized spacial score (nSPS) is 40.1. The molecule has 2 saturated heterocycles. The van der Waals surface area contributed by atoms with Crippen LogP contribution in [0.2, 0.25) is 0 Å². The van der Waals surface area contributed by atoms with Gasteiger partial charge >= 0.3 is 6.09 Å². The first-order valence-electron chi connectivity index (χ1n) is 3.75. The van der Waals surface area contributed by atoms with E-state index in [0.29, 0.717) is 6.61 Å². The number of likely N-dealkylation sites (tertiary alicyclic amines) is 1. The zero-order valence-electron chi connectivity index (χ0n) is 6.30. The van der Waals surface area contributed by atoms with Gasteiger partial charge in [0.1, 0.15) is 0 Å². The summed E-state index contributed by atoms with van der Waals surface area (Å²) >= 11 is 0. The van der Waals surface area contributed by atoms with Crippen LogP contribution in [0.25, 0.3) is 0 Å². The Hall–Kier alpha value is -0.850. The highest BCUT2D eigenvalue weighted by molar-refractivity contribution is 5.66. The van der Waals surface area contributed by atoms with E-state index in [9.17, 15) is 9.90 Å². The van der Waals surface area contributed by atoms with Crippen LogP contribution in [0.1, 0.15) is 0 Å². The molecule has 0 spiro atoms. The Morgan fingerprint density at radius 2 is 2.42 bits per heavy atom. The Bertz CT molecular complexity index is 210. The van der Waals surface area contributed by atoms with Crippen LogP contribution in [0.5, 0.6) is 0 Å².